The Morgan fingerprint density at radius 2 is 1.91 bits per heavy atom. The third kappa shape index (κ3) is 6.50. The first kappa shape index (κ1) is 25.1. The van der Waals surface area contributed by atoms with Crippen LogP contribution in [0.3, 0.4) is 0 Å². The van der Waals surface area contributed by atoms with E-state index < -0.39 is 0 Å². The fourth-order valence-electron chi connectivity index (χ4n) is 4.18. The molecule has 0 saturated carbocycles. The Balaban J connectivity index is 1.74. The number of nitrogens with one attached hydrogen (secondary N) is 1. The van der Waals surface area contributed by atoms with E-state index in [1.165, 1.54) is 10.4 Å². The molecule has 0 aliphatic carbocycles. The van der Waals surface area contributed by atoms with E-state index in [4.69, 9.17) is 4.74 Å². The van der Waals surface area contributed by atoms with E-state index >= 15 is 0 Å². The number of ether oxygens (including phenoxy) is 1. The van der Waals surface area contributed by atoms with Gasteiger partial charge >= 0.3 is 6.03 Å². The minimum atomic E-state index is -0.189. The van der Waals surface area contributed by atoms with Crippen LogP contribution in [0.1, 0.15) is 62.6 Å². The lowest BCUT2D eigenvalue weighted by Gasteiger charge is -2.37. The van der Waals surface area contributed by atoms with Gasteiger partial charge < -0.3 is 19.9 Å². The highest BCUT2D eigenvalue weighted by Gasteiger charge is 2.33. The zero-order valence-electron chi connectivity index (χ0n) is 20.5. The van der Waals surface area contributed by atoms with Crippen LogP contribution in [0, 0.1) is 5.92 Å². The molecule has 2 aromatic rings. The second-order valence-corrected chi connectivity index (χ2v) is 10.3. The van der Waals surface area contributed by atoms with Gasteiger partial charge in [0.25, 0.3) is 0 Å². The zero-order valence-corrected chi connectivity index (χ0v) is 21.3. The Bertz CT molecular complexity index is 923. The predicted molar refractivity (Wildman–Crippen MR) is 134 cm³/mol. The fourth-order valence-corrected chi connectivity index (χ4v) is 5.10. The van der Waals surface area contributed by atoms with Gasteiger partial charge in [-0.25, -0.2) is 4.79 Å². The normalized spacial score (nSPS) is 15.5. The van der Waals surface area contributed by atoms with Gasteiger partial charge in [-0.15, -0.1) is 11.3 Å². The van der Waals surface area contributed by atoms with E-state index in [-0.39, 0.29) is 30.4 Å². The summed E-state index contributed by atoms with van der Waals surface area (Å²) >= 11 is 1.74. The lowest BCUT2D eigenvalue weighted by Crippen LogP contribution is -2.50. The molecule has 1 aromatic heterocycles. The SMILES string of the molecule is CCNC(=O)N(CC(=O)N1CCc2sccc2C1COc1ccc(C(C)C)cc1)CC(C)C. The fraction of sp³-hybridized carbons (Fsp3) is 0.538. The molecule has 1 aliphatic heterocycles. The molecule has 0 fully saturated rings. The van der Waals surface area contributed by atoms with Gasteiger partial charge in [0.15, 0.2) is 0 Å². The molecular weight excluding hydrogens is 434 g/mol. The van der Waals surface area contributed by atoms with Crippen LogP contribution in [-0.4, -0.2) is 54.5 Å². The number of urea groups is 1. The van der Waals surface area contributed by atoms with Crippen molar-refractivity contribution in [3.05, 3.63) is 51.7 Å². The van der Waals surface area contributed by atoms with Crippen molar-refractivity contribution in [2.24, 2.45) is 5.92 Å². The van der Waals surface area contributed by atoms with Gasteiger partial charge in [0.05, 0.1) is 6.04 Å². The van der Waals surface area contributed by atoms with E-state index in [1.54, 1.807) is 16.2 Å². The van der Waals surface area contributed by atoms with Crippen molar-refractivity contribution in [1.82, 2.24) is 15.1 Å². The molecule has 0 bridgehead atoms. The van der Waals surface area contributed by atoms with E-state index in [2.05, 4.69) is 56.6 Å². The smallest absolute Gasteiger partial charge is 0.317 e. The number of carbonyl (C=O) groups is 2. The van der Waals surface area contributed by atoms with E-state index in [1.807, 2.05) is 24.0 Å². The van der Waals surface area contributed by atoms with Gasteiger partial charge in [0, 0.05) is 24.5 Å². The summed E-state index contributed by atoms with van der Waals surface area (Å²) in [6, 6.07) is 9.94. The van der Waals surface area contributed by atoms with Crippen LogP contribution in [0.25, 0.3) is 0 Å². The van der Waals surface area contributed by atoms with Crippen molar-refractivity contribution in [1.29, 1.82) is 0 Å². The topological polar surface area (TPSA) is 61.9 Å². The summed E-state index contributed by atoms with van der Waals surface area (Å²) in [6.45, 7) is 12.5. The molecule has 1 aromatic carbocycles. The lowest BCUT2D eigenvalue weighted by atomic mass is 10.00. The number of rotatable bonds is 9. The number of hydrogen-bond donors (Lipinski definition) is 1. The second kappa shape index (κ2) is 11.5. The highest BCUT2D eigenvalue weighted by Crippen LogP contribution is 2.34. The Morgan fingerprint density at radius 1 is 1.18 bits per heavy atom. The summed E-state index contributed by atoms with van der Waals surface area (Å²) in [7, 11) is 0. The van der Waals surface area contributed by atoms with Crippen LogP contribution in [0.4, 0.5) is 4.79 Å². The highest BCUT2D eigenvalue weighted by atomic mass is 32.1. The van der Waals surface area contributed by atoms with Gasteiger partial charge in [-0.3, -0.25) is 4.79 Å². The van der Waals surface area contributed by atoms with Crippen molar-refractivity contribution < 1.29 is 14.3 Å². The molecule has 7 heteroatoms. The first-order valence-corrected chi connectivity index (χ1v) is 12.8. The number of hydrogen-bond acceptors (Lipinski definition) is 4. The van der Waals surface area contributed by atoms with Crippen molar-refractivity contribution >= 4 is 23.3 Å². The lowest BCUT2D eigenvalue weighted by molar-refractivity contribution is -0.135. The number of nitrogens with zero attached hydrogens (tertiary/aromatic N) is 2. The molecule has 1 atom stereocenters. The summed E-state index contributed by atoms with van der Waals surface area (Å²) in [6.07, 6.45) is 0.837. The molecule has 0 saturated heterocycles. The highest BCUT2D eigenvalue weighted by molar-refractivity contribution is 7.10. The van der Waals surface area contributed by atoms with Gasteiger partial charge in [0.2, 0.25) is 5.91 Å². The molecule has 0 spiro atoms. The van der Waals surface area contributed by atoms with Crippen molar-refractivity contribution in [2.75, 3.05) is 32.8 Å². The van der Waals surface area contributed by atoms with Crippen LogP contribution >= 0.6 is 11.3 Å². The first-order chi connectivity index (χ1) is 15.8. The average Bonchev–Trinajstić information content (AvgIpc) is 3.26. The van der Waals surface area contributed by atoms with Crippen molar-refractivity contribution in [3.63, 3.8) is 0 Å². The molecule has 6 nitrogen and oxygen atoms in total. The Labute approximate surface area is 201 Å². The van der Waals surface area contributed by atoms with Crippen LogP contribution in [0.15, 0.2) is 35.7 Å². The summed E-state index contributed by atoms with van der Waals surface area (Å²) in [4.78, 5) is 30.8. The Hall–Kier alpha value is -2.54. The van der Waals surface area contributed by atoms with E-state index in [0.29, 0.717) is 32.2 Å². The summed E-state index contributed by atoms with van der Waals surface area (Å²) in [5, 5.41) is 4.92. The molecule has 180 valence electrons. The van der Waals surface area contributed by atoms with Crippen molar-refractivity contribution in [3.8, 4) is 5.75 Å². The third-order valence-corrected chi connectivity index (χ3v) is 6.89. The minimum Gasteiger partial charge on any atom is -0.491 e. The third-order valence-electron chi connectivity index (χ3n) is 5.90. The van der Waals surface area contributed by atoms with Gasteiger partial charge in [0.1, 0.15) is 18.9 Å². The number of fused-ring (bicyclic) bond motifs is 1. The summed E-state index contributed by atoms with van der Waals surface area (Å²) in [5.74, 6) is 1.51. The van der Waals surface area contributed by atoms with E-state index in [9.17, 15) is 9.59 Å². The number of amides is 3. The molecule has 33 heavy (non-hydrogen) atoms. The number of thiophene rings is 1. The van der Waals surface area contributed by atoms with E-state index in [0.717, 1.165) is 17.7 Å². The maximum absolute atomic E-state index is 13.4. The molecule has 0 radical (unpaired) electrons. The predicted octanol–water partition coefficient (Wildman–Crippen LogP) is 5.06. The quantitative estimate of drug-likeness (QED) is 0.556. The van der Waals surface area contributed by atoms with Crippen molar-refractivity contribution in [2.45, 2.75) is 53.0 Å². The average molecular weight is 472 g/mol. The van der Waals surface area contributed by atoms with Crippen LogP contribution in [-0.2, 0) is 11.2 Å². The zero-order chi connectivity index (χ0) is 24.0. The molecular formula is C26H37N3O3S. The van der Waals surface area contributed by atoms with Gasteiger partial charge in [-0.2, -0.15) is 0 Å². The van der Waals surface area contributed by atoms with Crippen LogP contribution < -0.4 is 10.1 Å². The Kier molecular flexibility index (Phi) is 8.78. The molecule has 1 N–H and O–H groups in total. The largest absolute Gasteiger partial charge is 0.491 e. The summed E-state index contributed by atoms with van der Waals surface area (Å²) < 4.78 is 6.16. The Morgan fingerprint density at radius 3 is 2.55 bits per heavy atom. The standard InChI is InChI=1S/C26H37N3O3S/c1-6-27-26(31)28(15-18(2)3)16-25(30)29-13-11-24-22(12-14-33-24)23(29)17-32-21-9-7-20(8-10-21)19(4)5/h7-10,12,14,18-19,23H,6,11,13,15-17H2,1-5H3,(H,27,31). The molecule has 3 amide bonds. The minimum absolute atomic E-state index is 0.0393. The molecule has 1 unspecified atom stereocenters. The maximum Gasteiger partial charge on any atom is 0.317 e. The van der Waals surface area contributed by atoms with Gasteiger partial charge in [-0.05, 0) is 59.9 Å². The van der Waals surface area contributed by atoms with Crippen LogP contribution in [0.2, 0.25) is 0 Å². The molecule has 1 aliphatic rings. The number of benzene rings is 1. The second-order valence-electron chi connectivity index (χ2n) is 9.30. The summed E-state index contributed by atoms with van der Waals surface area (Å²) in [5.41, 5.74) is 2.43. The van der Waals surface area contributed by atoms with Crippen LogP contribution in [0.5, 0.6) is 5.75 Å². The monoisotopic (exact) mass is 471 g/mol. The number of carbonyl (C=O) groups excluding carboxylic acids is 2. The first-order valence-electron chi connectivity index (χ1n) is 11.9. The van der Waals surface area contributed by atoms with Gasteiger partial charge in [-0.1, -0.05) is 39.8 Å². The maximum atomic E-state index is 13.4. The molecule has 2 heterocycles. The molecule has 3 rings (SSSR count).